The summed E-state index contributed by atoms with van der Waals surface area (Å²) in [5.41, 5.74) is 0.269. The van der Waals surface area contributed by atoms with E-state index in [9.17, 15) is 0 Å². The highest BCUT2D eigenvalue weighted by atomic mass is 15.2. The number of likely N-dealkylation sites (N-methyl/N-ethyl adjacent to an activating group) is 1. The smallest absolute Gasteiger partial charge is 0.0123 e. The average molecular weight is 257 g/mol. The topological polar surface area (TPSA) is 18.5 Å². The second-order valence-corrected chi connectivity index (χ2v) is 6.66. The highest BCUT2D eigenvalue weighted by molar-refractivity contribution is 4.76. The van der Waals surface area contributed by atoms with E-state index >= 15 is 0 Å². The normalized spacial score (nSPS) is 13.0. The van der Waals surface area contributed by atoms with Gasteiger partial charge in [-0.3, -0.25) is 0 Å². The van der Waals surface area contributed by atoms with E-state index in [1.807, 2.05) is 0 Å². The monoisotopic (exact) mass is 257 g/mol. The zero-order valence-corrected chi connectivity index (χ0v) is 13.7. The zero-order chi connectivity index (χ0) is 14.2. The molecule has 0 aliphatic carbocycles. The van der Waals surface area contributed by atoms with Crippen LogP contribution >= 0.6 is 0 Å². The van der Waals surface area contributed by atoms with E-state index in [1.54, 1.807) is 0 Å². The minimum Gasteiger partial charge on any atom is -0.311 e. The van der Waals surface area contributed by atoms with Crippen molar-refractivity contribution in [1.82, 2.24) is 15.1 Å². The molecule has 0 fully saturated rings. The minimum absolute atomic E-state index is 0.269. The van der Waals surface area contributed by atoms with Gasteiger partial charge in [-0.25, -0.2) is 0 Å². The number of hydrogen-bond acceptors (Lipinski definition) is 3. The Balaban J connectivity index is 4.00. The molecular weight excluding hydrogens is 222 g/mol. The molecule has 0 amide bonds. The summed E-state index contributed by atoms with van der Waals surface area (Å²) in [6, 6.07) is 0. The van der Waals surface area contributed by atoms with E-state index in [-0.39, 0.29) is 5.54 Å². The fourth-order valence-electron chi connectivity index (χ4n) is 1.83. The summed E-state index contributed by atoms with van der Waals surface area (Å²) < 4.78 is 0. The lowest BCUT2D eigenvalue weighted by molar-refractivity contribution is 0.211. The van der Waals surface area contributed by atoms with Gasteiger partial charge in [0.2, 0.25) is 0 Å². The Morgan fingerprint density at radius 1 is 1.06 bits per heavy atom. The predicted octanol–water partition coefficient (Wildman–Crippen LogP) is 2.28. The quantitative estimate of drug-likeness (QED) is 0.648. The lowest BCUT2D eigenvalue weighted by atomic mass is 10.0. The van der Waals surface area contributed by atoms with Crippen LogP contribution in [-0.2, 0) is 0 Å². The highest BCUT2D eigenvalue weighted by Gasteiger charge is 2.14. The maximum atomic E-state index is 3.64. The molecule has 0 aromatic rings. The number of nitrogens with one attached hydrogen (secondary N) is 1. The summed E-state index contributed by atoms with van der Waals surface area (Å²) in [6.07, 6.45) is 1.18. The maximum absolute atomic E-state index is 3.64. The summed E-state index contributed by atoms with van der Waals surface area (Å²) in [4.78, 5) is 4.83. The molecule has 0 aliphatic rings. The molecule has 0 heterocycles. The second kappa shape index (κ2) is 8.89. The summed E-state index contributed by atoms with van der Waals surface area (Å²) in [6.45, 7) is 17.1. The van der Waals surface area contributed by atoms with E-state index in [0.717, 1.165) is 25.6 Å². The molecule has 0 aliphatic heterocycles. The molecule has 3 heteroatoms. The van der Waals surface area contributed by atoms with Crippen LogP contribution in [-0.4, -0.2) is 62.2 Å². The standard InChI is InChI=1S/C15H35N3/c1-8-15(4,5)16-9-10-18(13-14(2)3)12-11-17(6)7/h14,16H,8-13H2,1-7H3. The van der Waals surface area contributed by atoms with Crippen molar-refractivity contribution >= 4 is 0 Å². The first-order valence-corrected chi connectivity index (χ1v) is 7.39. The summed E-state index contributed by atoms with van der Waals surface area (Å²) >= 11 is 0. The van der Waals surface area contributed by atoms with E-state index in [4.69, 9.17) is 0 Å². The largest absolute Gasteiger partial charge is 0.311 e. The first-order chi connectivity index (χ1) is 8.26. The van der Waals surface area contributed by atoms with Crippen LogP contribution in [0.2, 0.25) is 0 Å². The Morgan fingerprint density at radius 2 is 1.67 bits per heavy atom. The van der Waals surface area contributed by atoms with Crippen molar-refractivity contribution < 1.29 is 0 Å². The summed E-state index contributed by atoms with van der Waals surface area (Å²) in [5, 5.41) is 3.64. The molecule has 0 radical (unpaired) electrons. The fraction of sp³-hybridized carbons (Fsp3) is 1.00. The molecule has 0 aromatic heterocycles. The van der Waals surface area contributed by atoms with E-state index in [2.05, 4.69) is 63.8 Å². The van der Waals surface area contributed by atoms with E-state index < -0.39 is 0 Å². The van der Waals surface area contributed by atoms with Crippen LogP contribution in [0, 0.1) is 5.92 Å². The van der Waals surface area contributed by atoms with Gasteiger partial charge in [-0.2, -0.15) is 0 Å². The molecule has 0 spiro atoms. The molecule has 0 aromatic carbocycles. The lowest BCUT2D eigenvalue weighted by Gasteiger charge is -2.29. The third kappa shape index (κ3) is 9.86. The van der Waals surface area contributed by atoms with Crippen LogP contribution in [0.25, 0.3) is 0 Å². The van der Waals surface area contributed by atoms with Crippen LogP contribution in [0.5, 0.6) is 0 Å². The molecule has 0 saturated carbocycles. The van der Waals surface area contributed by atoms with Crippen LogP contribution < -0.4 is 5.32 Å². The third-order valence-corrected chi connectivity index (χ3v) is 3.40. The Hall–Kier alpha value is -0.120. The Morgan fingerprint density at radius 3 is 2.11 bits per heavy atom. The highest BCUT2D eigenvalue weighted by Crippen LogP contribution is 2.06. The lowest BCUT2D eigenvalue weighted by Crippen LogP contribution is -2.44. The molecule has 18 heavy (non-hydrogen) atoms. The van der Waals surface area contributed by atoms with Gasteiger partial charge in [0.15, 0.2) is 0 Å². The van der Waals surface area contributed by atoms with Crippen molar-refractivity contribution in [2.24, 2.45) is 5.92 Å². The van der Waals surface area contributed by atoms with Crippen molar-refractivity contribution in [2.75, 3.05) is 46.8 Å². The van der Waals surface area contributed by atoms with Crippen molar-refractivity contribution in [3.63, 3.8) is 0 Å². The van der Waals surface area contributed by atoms with Crippen molar-refractivity contribution in [1.29, 1.82) is 0 Å². The Bertz CT molecular complexity index is 200. The second-order valence-electron chi connectivity index (χ2n) is 6.66. The zero-order valence-electron chi connectivity index (χ0n) is 13.7. The maximum Gasteiger partial charge on any atom is 0.0123 e. The first kappa shape index (κ1) is 17.9. The van der Waals surface area contributed by atoms with Crippen LogP contribution in [0.1, 0.15) is 41.0 Å². The van der Waals surface area contributed by atoms with Gasteiger partial charge >= 0.3 is 0 Å². The van der Waals surface area contributed by atoms with Gasteiger partial charge in [0.05, 0.1) is 0 Å². The summed E-state index contributed by atoms with van der Waals surface area (Å²) in [7, 11) is 4.29. The average Bonchev–Trinajstić information content (AvgIpc) is 2.24. The third-order valence-electron chi connectivity index (χ3n) is 3.40. The van der Waals surface area contributed by atoms with Crippen molar-refractivity contribution in [3.05, 3.63) is 0 Å². The molecule has 3 nitrogen and oxygen atoms in total. The Labute approximate surface area is 115 Å². The molecule has 0 rings (SSSR count). The molecule has 110 valence electrons. The molecular formula is C15H35N3. The van der Waals surface area contributed by atoms with Crippen molar-refractivity contribution in [2.45, 2.75) is 46.6 Å². The van der Waals surface area contributed by atoms with Gasteiger partial charge in [-0.05, 0) is 40.3 Å². The SMILES string of the molecule is CCC(C)(C)NCCN(CCN(C)C)CC(C)C. The van der Waals surface area contributed by atoms with Crippen LogP contribution in [0.15, 0.2) is 0 Å². The minimum atomic E-state index is 0.269. The number of hydrogen-bond donors (Lipinski definition) is 1. The van der Waals surface area contributed by atoms with Gasteiger partial charge in [0.25, 0.3) is 0 Å². The van der Waals surface area contributed by atoms with Crippen LogP contribution in [0.3, 0.4) is 0 Å². The molecule has 0 unspecified atom stereocenters. The van der Waals surface area contributed by atoms with Crippen LogP contribution in [0.4, 0.5) is 0 Å². The molecule has 0 saturated heterocycles. The van der Waals surface area contributed by atoms with Gasteiger partial charge in [0.1, 0.15) is 0 Å². The van der Waals surface area contributed by atoms with E-state index in [1.165, 1.54) is 19.5 Å². The summed E-state index contributed by atoms with van der Waals surface area (Å²) in [5.74, 6) is 0.742. The number of rotatable bonds is 10. The first-order valence-electron chi connectivity index (χ1n) is 7.39. The predicted molar refractivity (Wildman–Crippen MR) is 82.2 cm³/mol. The molecule has 0 atom stereocenters. The van der Waals surface area contributed by atoms with Gasteiger partial charge < -0.3 is 15.1 Å². The van der Waals surface area contributed by atoms with Gasteiger partial charge in [0, 0.05) is 38.3 Å². The van der Waals surface area contributed by atoms with Gasteiger partial charge in [-0.1, -0.05) is 20.8 Å². The van der Waals surface area contributed by atoms with Gasteiger partial charge in [-0.15, -0.1) is 0 Å². The molecule has 1 N–H and O–H groups in total. The number of nitrogens with zero attached hydrogens (tertiary/aromatic N) is 2. The van der Waals surface area contributed by atoms with Crippen molar-refractivity contribution in [3.8, 4) is 0 Å². The Kier molecular flexibility index (Phi) is 8.83. The van der Waals surface area contributed by atoms with E-state index in [0.29, 0.717) is 0 Å². The molecule has 0 bridgehead atoms. The fourth-order valence-corrected chi connectivity index (χ4v) is 1.83.